The molecule has 0 bridgehead atoms. The Bertz CT molecular complexity index is 1240. The van der Waals surface area contributed by atoms with Gasteiger partial charge in [0.15, 0.2) is 10.8 Å². The van der Waals surface area contributed by atoms with Gasteiger partial charge >= 0.3 is 0 Å². The molecule has 0 radical (unpaired) electrons. The normalized spacial score (nSPS) is 12.0. The van der Waals surface area contributed by atoms with Crippen molar-refractivity contribution in [3.05, 3.63) is 65.7 Å². The van der Waals surface area contributed by atoms with E-state index in [0.29, 0.717) is 16.4 Å². The van der Waals surface area contributed by atoms with Crippen molar-refractivity contribution in [3.8, 4) is 6.07 Å². The highest BCUT2D eigenvalue weighted by Gasteiger charge is 2.19. The summed E-state index contributed by atoms with van der Waals surface area (Å²) >= 11 is 1.35. The van der Waals surface area contributed by atoms with Gasteiger partial charge in [-0.1, -0.05) is 36.0 Å². The van der Waals surface area contributed by atoms with Crippen LogP contribution in [0.1, 0.15) is 18.1 Å². The summed E-state index contributed by atoms with van der Waals surface area (Å²) in [5, 5.41) is 21.8. The number of hydrogen-bond acceptors (Lipinski definition) is 5. The second kappa shape index (κ2) is 7.33. The quantitative estimate of drug-likeness (QED) is 0.531. The summed E-state index contributed by atoms with van der Waals surface area (Å²) in [5.74, 6) is -0.159. The first-order valence-electron chi connectivity index (χ1n) is 8.78. The number of carbonyl (C=O) groups is 1. The molecule has 0 aliphatic rings. The summed E-state index contributed by atoms with van der Waals surface area (Å²) < 4.78 is 1.98. The molecule has 1 atom stereocenters. The van der Waals surface area contributed by atoms with Crippen LogP contribution in [0, 0.1) is 18.3 Å². The van der Waals surface area contributed by atoms with Crippen LogP contribution in [0.3, 0.4) is 0 Å². The molecule has 0 saturated carbocycles. The molecule has 28 heavy (non-hydrogen) atoms. The number of fused-ring (bicyclic) bond motifs is 3. The fraction of sp³-hybridized carbons (Fsp3) is 0.143. The van der Waals surface area contributed by atoms with Gasteiger partial charge in [0.05, 0.1) is 22.4 Å². The maximum absolute atomic E-state index is 12.6. The van der Waals surface area contributed by atoms with Gasteiger partial charge < -0.3 is 5.32 Å². The number of rotatable bonds is 4. The van der Waals surface area contributed by atoms with Crippen molar-refractivity contribution in [3.63, 3.8) is 0 Å². The third-order valence-electron chi connectivity index (χ3n) is 4.48. The van der Waals surface area contributed by atoms with Crippen molar-refractivity contribution in [2.75, 3.05) is 5.32 Å². The summed E-state index contributed by atoms with van der Waals surface area (Å²) in [6.07, 6.45) is 0. The molecule has 2 aromatic carbocycles. The molecule has 4 aromatic rings. The Morgan fingerprint density at radius 1 is 1.18 bits per heavy atom. The maximum atomic E-state index is 12.6. The third-order valence-corrected chi connectivity index (χ3v) is 5.53. The second-order valence-corrected chi connectivity index (χ2v) is 7.77. The van der Waals surface area contributed by atoms with Crippen LogP contribution in [0.2, 0.25) is 0 Å². The van der Waals surface area contributed by atoms with Crippen LogP contribution >= 0.6 is 11.8 Å². The number of amides is 1. The van der Waals surface area contributed by atoms with Crippen molar-refractivity contribution in [1.29, 1.82) is 5.26 Å². The van der Waals surface area contributed by atoms with Crippen LogP contribution in [0.15, 0.2) is 59.8 Å². The van der Waals surface area contributed by atoms with Gasteiger partial charge in [0.2, 0.25) is 5.91 Å². The number of nitrogens with zero attached hydrogens (tertiary/aromatic N) is 4. The Kier molecular flexibility index (Phi) is 4.72. The number of anilines is 1. The molecular weight excluding hydrogens is 370 g/mol. The van der Waals surface area contributed by atoms with E-state index >= 15 is 0 Å². The molecule has 2 heterocycles. The van der Waals surface area contributed by atoms with Crippen LogP contribution in [-0.4, -0.2) is 25.8 Å². The molecule has 6 nitrogen and oxygen atoms in total. The lowest BCUT2D eigenvalue weighted by Gasteiger charge is -2.12. The third kappa shape index (κ3) is 3.30. The van der Waals surface area contributed by atoms with Crippen molar-refractivity contribution in [2.45, 2.75) is 24.3 Å². The summed E-state index contributed by atoms with van der Waals surface area (Å²) in [7, 11) is 0. The summed E-state index contributed by atoms with van der Waals surface area (Å²) in [5.41, 5.74) is 4.01. The van der Waals surface area contributed by atoms with Crippen molar-refractivity contribution < 1.29 is 4.79 Å². The molecule has 0 aliphatic carbocycles. The minimum absolute atomic E-state index is 0.159. The van der Waals surface area contributed by atoms with Gasteiger partial charge in [-0.05, 0) is 49.7 Å². The van der Waals surface area contributed by atoms with E-state index in [1.165, 1.54) is 11.8 Å². The first-order valence-corrected chi connectivity index (χ1v) is 9.66. The van der Waals surface area contributed by atoms with Gasteiger partial charge in [0.1, 0.15) is 0 Å². The van der Waals surface area contributed by atoms with Crippen LogP contribution in [0.4, 0.5) is 5.69 Å². The number of thioether (sulfide) groups is 1. The van der Waals surface area contributed by atoms with E-state index in [1.807, 2.05) is 35.6 Å². The Hall–Kier alpha value is -3.37. The zero-order chi connectivity index (χ0) is 19.7. The highest BCUT2D eigenvalue weighted by atomic mass is 32.2. The van der Waals surface area contributed by atoms with Gasteiger partial charge in [-0.3, -0.25) is 9.20 Å². The fourth-order valence-corrected chi connectivity index (χ4v) is 3.94. The lowest BCUT2D eigenvalue weighted by atomic mass is 10.1. The van der Waals surface area contributed by atoms with Crippen molar-refractivity contribution in [2.24, 2.45) is 0 Å². The predicted octanol–water partition coefficient (Wildman–Crippen LogP) is 4.18. The molecule has 1 N–H and O–H groups in total. The monoisotopic (exact) mass is 387 g/mol. The number of aromatic nitrogens is 3. The van der Waals surface area contributed by atoms with Gasteiger partial charge in [-0.15, -0.1) is 10.2 Å². The average Bonchev–Trinajstić information content (AvgIpc) is 3.10. The number of hydrogen-bond donors (Lipinski definition) is 1. The molecule has 7 heteroatoms. The Balaban J connectivity index is 1.62. The zero-order valence-electron chi connectivity index (χ0n) is 15.4. The van der Waals surface area contributed by atoms with E-state index < -0.39 is 5.25 Å². The van der Waals surface area contributed by atoms with Crippen LogP contribution in [0.5, 0.6) is 0 Å². The number of nitriles is 1. The molecule has 0 fully saturated rings. The second-order valence-electron chi connectivity index (χ2n) is 6.46. The van der Waals surface area contributed by atoms with Crippen LogP contribution < -0.4 is 5.32 Å². The van der Waals surface area contributed by atoms with Crippen LogP contribution in [-0.2, 0) is 4.79 Å². The Morgan fingerprint density at radius 2 is 2.00 bits per heavy atom. The smallest absolute Gasteiger partial charge is 0.237 e. The average molecular weight is 387 g/mol. The van der Waals surface area contributed by atoms with E-state index in [4.69, 9.17) is 5.26 Å². The molecule has 0 aliphatic heterocycles. The molecule has 0 unspecified atom stereocenters. The first kappa shape index (κ1) is 18.0. The van der Waals surface area contributed by atoms with Gasteiger partial charge in [0, 0.05) is 11.1 Å². The fourth-order valence-electron chi connectivity index (χ4n) is 3.07. The molecule has 0 saturated heterocycles. The Labute approximate surface area is 166 Å². The maximum Gasteiger partial charge on any atom is 0.237 e. The standard InChI is InChI=1S/C21H17N5OS/c1-13-10-19-24-25-21(26(19)18-9-4-3-8-17(13)18)28-14(2)20(27)23-16-7-5-6-15(11-16)12-22/h3-11,14H,1-2H3,(H,23,27)/t14-/m1/s1. The topological polar surface area (TPSA) is 83.1 Å². The highest BCUT2D eigenvalue weighted by molar-refractivity contribution is 8.00. The molecule has 2 aromatic heterocycles. The van der Waals surface area contributed by atoms with Gasteiger partial charge in [-0.25, -0.2) is 0 Å². The number of para-hydroxylation sites is 1. The van der Waals surface area contributed by atoms with E-state index in [-0.39, 0.29) is 5.91 Å². The number of aryl methyl sites for hydroxylation is 1. The zero-order valence-corrected chi connectivity index (χ0v) is 16.2. The molecule has 0 spiro atoms. The van der Waals surface area contributed by atoms with Gasteiger partial charge in [-0.2, -0.15) is 5.26 Å². The number of benzene rings is 2. The predicted molar refractivity (Wildman–Crippen MR) is 110 cm³/mol. The Morgan fingerprint density at radius 3 is 2.82 bits per heavy atom. The van der Waals surface area contributed by atoms with E-state index in [0.717, 1.165) is 22.1 Å². The first-order chi connectivity index (χ1) is 13.6. The largest absolute Gasteiger partial charge is 0.325 e. The van der Waals surface area contributed by atoms with E-state index in [2.05, 4.69) is 34.6 Å². The summed E-state index contributed by atoms with van der Waals surface area (Å²) in [6.45, 7) is 3.88. The van der Waals surface area contributed by atoms with E-state index in [9.17, 15) is 4.79 Å². The molecule has 4 rings (SSSR count). The number of pyridine rings is 1. The molecule has 1 amide bonds. The molecular formula is C21H17N5OS. The van der Waals surface area contributed by atoms with Crippen molar-refractivity contribution >= 4 is 39.9 Å². The lowest BCUT2D eigenvalue weighted by Crippen LogP contribution is -2.22. The van der Waals surface area contributed by atoms with Crippen LogP contribution in [0.25, 0.3) is 16.6 Å². The SMILES string of the molecule is Cc1cc2nnc(S[C@H](C)C(=O)Nc3cccc(C#N)c3)n2c2ccccc12. The summed E-state index contributed by atoms with van der Waals surface area (Å²) in [4.78, 5) is 12.6. The van der Waals surface area contributed by atoms with E-state index in [1.54, 1.807) is 24.3 Å². The minimum Gasteiger partial charge on any atom is -0.325 e. The minimum atomic E-state index is -0.391. The molecule has 138 valence electrons. The summed E-state index contributed by atoms with van der Waals surface area (Å²) in [6, 6.07) is 19.0. The van der Waals surface area contributed by atoms with Crippen molar-refractivity contribution in [1.82, 2.24) is 14.6 Å². The number of carbonyl (C=O) groups excluding carboxylic acids is 1. The number of nitrogens with one attached hydrogen (secondary N) is 1. The highest BCUT2D eigenvalue weighted by Crippen LogP contribution is 2.28. The lowest BCUT2D eigenvalue weighted by molar-refractivity contribution is -0.115. The van der Waals surface area contributed by atoms with Gasteiger partial charge in [0.25, 0.3) is 0 Å².